The van der Waals surface area contributed by atoms with E-state index in [1.54, 1.807) is 6.20 Å². The van der Waals surface area contributed by atoms with Gasteiger partial charge in [0.2, 0.25) is 29.5 Å². The summed E-state index contributed by atoms with van der Waals surface area (Å²) in [5.74, 6) is -4.68. The standard InChI is InChI=1S/C26H43N9O8/c1-14(32-23(39)19-7-5-9-35(19)25(41)17(28)10-16-11-29-13-31-16)22(38)34-21(15(2)36)24(40)30-12-20(37)33-18(26(42)43)6-3-4-8-27/h11,13-15,17-19,21,36H,3-10,12,27-28H2,1-2H3,(H,29,31)(H,30,40)(H,32,39)(H,33,37)(H,34,38)(H,42,43)/t14-,15+,17-,18-,19-,21-/m0/s1. The van der Waals surface area contributed by atoms with Gasteiger partial charge in [-0.3, -0.25) is 24.0 Å². The number of carbonyl (C=O) groups is 6. The van der Waals surface area contributed by atoms with Gasteiger partial charge in [0.1, 0.15) is 24.2 Å². The van der Waals surface area contributed by atoms with E-state index < -0.39 is 78.4 Å². The van der Waals surface area contributed by atoms with E-state index in [4.69, 9.17) is 11.5 Å². The van der Waals surface area contributed by atoms with Crippen LogP contribution in [-0.4, -0.2) is 117 Å². The number of carboxylic acids is 1. The predicted molar refractivity (Wildman–Crippen MR) is 152 cm³/mol. The highest BCUT2D eigenvalue weighted by atomic mass is 16.4. The zero-order valence-corrected chi connectivity index (χ0v) is 24.4. The van der Waals surface area contributed by atoms with Crippen LogP contribution in [0, 0.1) is 0 Å². The molecule has 17 heteroatoms. The van der Waals surface area contributed by atoms with E-state index in [0.717, 1.165) is 0 Å². The van der Waals surface area contributed by atoms with Crippen LogP contribution in [0.4, 0.5) is 0 Å². The number of imidazole rings is 1. The molecule has 1 aliphatic rings. The first-order chi connectivity index (χ1) is 20.3. The number of hydrogen-bond donors (Lipinski definition) is 9. The molecule has 43 heavy (non-hydrogen) atoms. The van der Waals surface area contributed by atoms with Gasteiger partial charge in [-0.1, -0.05) is 0 Å². The summed E-state index contributed by atoms with van der Waals surface area (Å²) >= 11 is 0. The lowest BCUT2D eigenvalue weighted by molar-refractivity contribution is -0.142. The number of H-pyrrole nitrogens is 1. The van der Waals surface area contributed by atoms with Crippen LogP contribution in [0.25, 0.3) is 0 Å². The Morgan fingerprint density at radius 3 is 2.44 bits per heavy atom. The number of unbranched alkanes of at least 4 members (excludes halogenated alkanes) is 1. The number of nitrogens with one attached hydrogen (secondary N) is 5. The summed E-state index contributed by atoms with van der Waals surface area (Å²) in [6.07, 6.45) is 4.03. The number of aromatic amines is 1. The molecule has 0 spiro atoms. The minimum absolute atomic E-state index is 0.160. The predicted octanol–water partition coefficient (Wildman–Crippen LogP) is -3.54. The highest BCUT2D eigenvalue weighted by Crippen LogP contribution is 2.19. The number of aromatic nitrogens is 2. The van der Waals surface area contributed by atoms with E-state index >= 15 is 0 Å². The van der Waals surface area contributed by atoms with Gasteiger partial charge in [-0.15, -0.1) is 0 Å². The summed E-state index contributed by atoms with van der Waals surface area (Å²) < 4.78 is 0. The fraction of sp³-hybridized carbons (Fsp3) is 0.654. The van der Waals surface area contributed by atoms with Gasteiger partial charge in [0, 0.05) is 24.9 Å². The quantitative estimate of drug-likeness (QED) is 0.0780. The molecule has 2 heterocycles. The largest absolute Gasteiger partial charge is 0.480 e. The second-order valence-electron chi connectivity index (χ2n) is 10.5. The van der Waals surface area contributed by atoms with Gasteiger partial charge in [0.25, 0.3) is 0 Å². The van der Waals surface area contributed by atoms with Gasteiger partial charge in [0.05, 0.1) is 25.0 Å². The first kappa shape index (κ1) is 35.1. The number of nitrogens with zero attached hydrogens (tertiary/aromatic N) is 2. The molecule has 5 amide bonds. The van der Waals surface area contributed by atoms with Gasteiger partial charge in [-0.25, -0.2) is 9.78 Å². The van der Waals surface area contributed by atoms with Crippen molar-refractivity contribution in [1.82, 2.24) is 36.1 Å². The summed E-state index contributed by atoms with van der Waals surface area (Å²) in [5.41, 5.74) is 12.1. The third-order valence-electron chi connectivity index (χ3n) is 6.97. The Morgan fingerprint density at radius 2 is 1.84 bits per heavy atom. The summed E-state index contributed by atoms with van der Waals surface area (Å²) in [4.78, 5) is 83.1. The molecule has 1 aliphatic heterocycles. The number of carboxylic acid groups (broad SMARTS) is 1. The van der Waals surface area contributed by atoms with Crippen LogP contribution >= 0.6 is 0 Å². The Labute approximate surface area is 248 Å². The fourth-order valence-corrected chi connectivity index (χ4v) is 4.57. The highest BCUT2D eigenvalue weighted by Gasteiger charge is 2.37. The second-order valence-corrected chi connectivity index (χ2v) is 10.5. The van der Waals surface area contributed by atoms with Crippen molar-refractivity contribution in [3.63, 3.8) is 0 Å². The average Bonchev–Trinajstić information content (AvgIpc) is 3.66. The van der Waals surface area contributed by atoms with Crippen molar-refractivity contribution in [2.24, 2.45) is 11.5 Å². The van der Waals surface area contributed by atoms with Crippen molar-refractivity contribution in [2.75, 3.05) is 19.6 Å². The number of aliphatic hydroxyl groups is 1. The number of amides is 5. The maximum absolute atomic E-state index is 13.0. The van der Waals surface area contributed by atoms with E-state index in [1.165, 1.54) is 25.1 Å². The Kier molecular flexibility index (Phi) is 14.0. The normalized spacial score (nSPS) is 18.1. The summed E-state index contributed by atoms with van der Waals surface area (Å²) in [7, 11) is 0. The van der Waals surface area contributed by atoms with Gasteiger partial charge in [-0.05, 0) is 52.5 Å². The second kappa shape index (κ2) is 17.1. The lowest BCUT2D eigenvalue weighted by Gasteiger charge is -2.28. The lowest BCUT2D eigenvalue weighted by Crippen LogP contribution is -2.59. The lowest BCUT2D eigenvalue weighted by atomic mass is 10.1. The fourth-order valence-electron chi connectivity index (χ4n) is 4.57. The van der Waals surface area contributed by atoms with Crippen molar-refractivity contribution in [1.29, 1.82) is 0 Å². The minimum Gasteiger partial charge on any atom is -0.480 e. The molecule has 1 saturated heterocycles. The third kappa shape index (κ3) is 10.9. The molecule has 1 fully saturated rings. The first-order valence-electron chi connectivity index (χ1n) is 14.2. The topological polar surface area (TPSA) is 275 Å². The van der Waals surface area contributed by atoms with Crippen molar-refractivity contribution in [2.45, 2.75) is 88.7 Å². The van der Waals surface area contributed by atoms with Crippen LogP contribution in [-0.2, 0) is 35.2 Å². The number of nitrogens with two attached hydrogens (primary N) is 2. The van der Waals surface area contributed by atoms with Crippen molar-refractivity contribution >= 4 is 35.5 Å². The number of hydrogen-bond acceptors (Lipinski definition) is 10. The number of rotatable bonds is 17. The smallest absolute Gasteiger partial charge is 0.326 e. The van der Waals surface area contributed by atoms with Gasteiger partial charge in [-0.2, -0.15) is 0 Å². The molecule has 1 aromatic heterocycles. The van der Waals surface area contributed by atoms with Crippen molar-refractivity contribution < 1.29 is 39.0 Å². The zero-order chi connectivity index (χ0) is 32.1. The average molecular weight is 610 g/mol. The maximum atomic E-state index is 13.0. The Hall–Kier alpha value is -4.09. The first-order valence-corrected chi connectivity index (χ1v) is 14.2. The Bertz CT molecular complexity index is 1110. The number of aliphatic carboxylic acids is 1. The van der Waals surface area contributed by atoms with E-state index in [9.17, 15) is 39.0 Å². The molecular formula is C26H43N9O8. The van der Waals surface area contributed by atoms with Crippen LogP contribution in [0.5, 0.6) is 0 Å². The van der Waals surface area contributed by atoms with E-state index in [1.807, 2.05) is 0 Å². The van der Waals surface area contributed by atoms with Crippen molar-refractivity contribution in [3.05, 3.63) is 18.2 Å². The molecule has 0 aromatic carbocycles. The monoisotopic (exact) mass is 609 g/mol. The maximum Gasteiger partial charge on any atom is 0.326 e. The van der Waals surface area contributed by atoms with Crippen molar-refractivity contribution in [3.8, 4) is 0 Å². The molecule has 0 bridgehead atoms. The van der Waals surface area contributed by atoms with E-state index in [-0.39, 0.29) is 12.8 Å². The van der Waals surface area contributed by atoms with Crippen LogP contribution in [0.2, 0.25) is 0 Å². The van der Waals surface area contributed by atoms with Crippen LogP contribution in [0.3, 0.4) is 0 Å². The van der Waals surface area contributed by atoms with Crippen LogP contribution in [0.1, 0.15) is 51.6 Å². The number of likely N-dealkylation sites (tertiary alicyclic amines) is 1. The molecule has 11 N–H and O–H groups in total. The van der Waals surface area contributed by atoms with E-state index in [2.05, 4.69) is 31.2 Å². The van der Waals surface area contributed by atoms with Crippen LogP contribution in [0.15, 0.2) is 12.5 Å². The third-order valence-corrected chi connectivity index (χ3v) is 6.97. The molecule has 0 unspecified atom stereocenters. The van der Waals surface area contributed by atoms with Gasteiger partial charge < -0.3 is 52.8 Å². The SMILES string of the molecule is C[C@H](NC(=O)[C@@H]1CCCN1C(=O)[C@@H](N)Cc1cnc[nH]1)C(=O)N[C@H](C(=O)NCC(=O)N[C@@H](CCCCN)C(=O)O)[C@@H](C)O. The molecule has 6 atom stereocenters. The van der Waals surface area contributed by atoms with E-state index in [0.29, 0.717) is 44.5 Å². The Morgan fingerprint density at radius 1 is 1.12 bits per heavy atom. The summed E-state index contributed by atoms with van der Waals surface area (Å²) in [5, 5.41) is 28.8. The molecule has 17 nitrogen and oxygen atoms in total. The molecule has 0 radical (unpaired) electrons. The molecule has 0 aliphatic carbocycles. The molecule has 0 saturated carbocycles. The Balaban J connectivity index is 1.89. The molecule has 240 valence electrons. The van der Waals surface area contributed by atoms with Crippen LogP contribution < -0.4 is 32.7 Å². The summed E-state index contributed by atoms with van der Waals surface area (Å²) in [6.45, 7) is 2.73. The number of carbonyl (C=O) groups excluding carboxylic acids is 5. The van der Waals surface area contributed by atoms with Gasteiger partial charge >= 0.3 is 5.97 Å². The van der Waals surface area contributed by atoms with Gasteiger partial charge in [0.15, 0.2) is 0 Å². The minimum atomic E-state index is -1.48. The molecule has 1 aromatic rings. The summed E-state index contributed by atoms with van der Waals surface area (Å²) in [6, 6.07) is -5.52. The molecule has 2 rings (SSSR count). The molecular weight excluding hydrogens is 566 g/mol. The number of aliphatic hydroxyl groups excluding tert-OH is 1. The highest BCUT2D eigenvalue weighted by molar-refractivity contribution is 5.96. The zero-order valence-electron chi connectivity index (χ0n) is 24.4.